The molecule has 0 heterocycles. The minimum Gasteiger partial charge on any atom is -0.367 e. The van der Waals surface area contributed by atoms with Gasteiger partial charge in [0.2, 0.25) is 0 Å². The van der Waals surface area contributed by atoms with Gasteiger partial charge >= 0.3 is 0 Å². The zero-order valence-corrected chi connectivity index (χ0v) is 10.8. The lowest BCUT2D eigenvalue weighted by Gasteiger charge is -2.29. The molecule has 1 unspecified atom stereocenters. The predicted molar refractivity (Wildman–Crippen MR) is 69.6 cm³/mol. The van der Waals surface area contributed by atoms with E-state index in [9.17, 15) is 0 Å². The largest absolute Gasteiger partial charge is 0.367 e. The number of aryl methyl sites for hydroxylation is 1. The lowest BCUT2D eigenvalue weighted by Crippen LogP contribution is -2.25. The molecule has 0 saturated carbocycles. The Balaban J connectivity index is 2.82. The molecule has 0 radical (unpaired) electrons. The number of hydrogen-bond acceptors (Lipinski definition) is 1. The molecule has 0 aromatic heterocycles. The van der Waals surface area contributed by atoms with Crippen LogP contribution in [0.5, 0.6) is 0 Å². The Kier molecular flexibility index (Phi) is 4.75. The molecule has 0 aliphatic rings. The van der Waals surface area contributed by atoms with E-state index >= 15 is 0 Å². The second-order valence-corrected chi connectivity index (χ2v) is 4.33. The van der Waals surface area contributed by atoms with Gasteiger partial charge < -0.3 is 4.74 Å². The van der Waals surface area contributed by atoms with Gasteiger partial charge in [-0.1, -0.05) is 48.9 Å². The second kappa shape index (κ2) is 5.86. The van der Waals surface area contributed by atoms with Gasteiger partial charge in [0.25, 0.3) is 0 Å². The van der Waals surface area contributed by atoms with Gasteiger partial charge in [-0.25, -0.2) is 0 Å². The van der Waals surface area contributed by atoms with E-state index in [-0.39, 0.29) is 5.60 Å². The maximum Gasteiger partial charge on any atom is 0.0904 e. The van der Waals surface area contributed by atoms with Crippen molar-refractivity contribution in [2.24, 2.45) is 0 Å². The van der Waals surface area contributed by atoms with Crippen molar-refractivity contribution in [1.82, 2.24) is 0 Å². The summed E-state index contributed by atoms with van der Waals surface area (Å²) < 4.78 is 5.96. The van der Waals surface area contributed by atoms with Gasteiger partial charge in [-0.15, -0.1) is 0 Å². The van der Waals surface area contributed by atoms with Crippen molar-refractivity contribution in [3.8, 4) is 0 Å². The Bertz CT molecular complexity index is 337. The van der Waals surface area contributed by atoms with Gasteiger partial charge in [0.05, 0.1) is 12.2 Å². The number of benzene rings is 1. The van der Waals surface area contributed by atoms with Gasteiger partial charge in [0, 0.05) is 0 Å². The van der Waals surface area contributed by atoms with E-state index in [0.29, 0.717) is 6.61 Å². The molecule has 1 heteroatoms. The molecule has 0 N–H and O–H groups in total. The number of allylic oxidation sites excluding steroid dienone is 1. The number of rotatable bonds is 5. The maximum atomic E-state index is 5.96. The molecule has 1 atom stereocenters. The lowest BCUT2D eigenvalue weighted by molar-refractivity contribution is -0.0237. The number of hydrogen-bond donors (Lipinski definition) is 0. The molecule has 0 aliphatic heterocycles. The normalized spacial score (nSPS) is 15.2. The van der Waals surface area contributed by atoms with E-state index in [4.69, 9.17) is 4.74 Å². The second-order valence-electron chi connectivity index (χ2n) is 4.33. The Hall–Kier alpha value is -1.08. The molecule has 0 spiro atoms. The standard InChI is InChI=1S/C15H22O/c1-5-7-12-16-15(4,6-2)14-10-8-13(3)9-11-14/h5,7-11H,6,12H2,1-4H3/b7-5-. The highest BCUT2D eigenvalue weighted by atomic mass is 16.5. The van der Waals surface area contributed by atoms with Crippen LogP contribution in [-0.4, -0.2) is 6.61 Å². The van der Waals surface area contributed by atoms with Crippen LogP contribution in [0.3, 0.4) is 0 Å². The Morgan fingerprint density at radius 1 is 1.25 bits per heavy atom. The summed E-state index contributed by atoms with van der Waals surface area (Å²) in [5.74, 6) is 0. The quantitative estimate of drug-likeness (QED) is 0.673. The average molecular weight is 218 g/mol. The van der Waals surface area contributed by atoms with Crippen molar-refractivity contribution >= 4 is 0 Å². The van der Waals surface area contributed by atoms with Gasteiger partial charge in [-0.05, 0) is 32.8 Å². The van der Waals surface area contributed by atoms with Gasteiger partial charge in [-0.2, -0.15) is 0 Å². The smallest absolute Gasteiger partial charge is 0.0904 e. The van der Waals surface area contributed by atoms with Crippen molar-refractivity contribution in [3.63, 3.8) is 0 Å². The molecule has 1 aromatic rings. The summed E-state index contributed by atoms with van der Waals surface area (Å²) >= 11 is 0. The van der Waals surface area contributed by atoms with Gasteiger partial charge in [0.1, 0.15) is 0 Å². The molecule has 88 valence electrons. The molecule has 0 aliphatic carbocycles. The van der Waals surface area contributed by atoms with Crippen molar-refractivity contribution in [2.45, 2.75) is 39.7 Å². The number of ether oxygens (including phenoxy) is 1. The zero-order valence-electron chi connectivity index (χ0n) is 10.8. The summed E-state index contributed by atoms with van der Waals surface area (Å²) in [6, 6.07) is 8.60. The SMILES string of the molecule is C/C=C\COC(C)(CC)c1ccc(C)cc1. The van der Waals surface area contributed by atoms with Crippen molar-refractivity contribution in [3.05, 3.63) is 47.5 Å². The monoisotopic (exact) mass is 218 g/mol. The van der Waals surface area contributed by atoms with E-state index in [1.54, 1.807) is 0 Å². The minimum absolute atomic E-state index is 0.173. The van der Waals surface area contributed by atoms with Crippen LogP contribution in [0.1, 0.15) is 38.3 Å². The van der Waals surface area contributed by atoms with Gasteiger partial charge in [-0.3, -0.25) is 0 Å². The highest BCUT2D eigenvalue weighted by molar-refractivity contribution is 5.26. The molecule has 1 rings (SSSR count). The molecule has 0 bridgehead atoms. The predicted octanol–water partition coefficient (Wildman–Crippen LogP) is 4.21. The molecular weight excluding hydrogens is 196 g/mol. The molecule has 0 amide bonds. The van der Waals surface area contributed by atoms with Crippen LogP contribution in [0, 0.1) is 6.92 Å². The summed E-state index contributed by atoms with van der Waals surface area (Å²) in [5.41, 5.74) is 2.37. The fraction of sp³-hybridized carbons (Fsp3) is 0.467. The third kappa shape index (κ3) is 3.21. The molecule has 16 heavy (non-hydrogen) atoms. The van der Waals surface area contributed by atoms with E-state index in [1.807, 2.05) is 19.1 Å². The van der Waals surface area contributed by atoms with Gasteiger partial charge in [0.15, 0.2) is 0 Å². The zero-order chi connectivity index (χ0) is 12.0. The first-order chi connectivity index (χ1) is 7.62. The summed E-state index contributed by atoms with van der Waals surface area (Å²) in [6.07, 6.45) is 5.04. The van der Waals surface area contributed by atoms with Crippen molar-refractivity contribution in [1.29, 1.82) is 0 Å². The molecule has 0 saturated heterocycles. The molecule has 0 fully saturated rings. The summed E-state index contributed by atoms with van der Waals surface area (Å²) in [6.45, 7) is 9.11. The first-order valence-electron chi connectivity index (χ1n) is 5.94. The summed E-state index contributed by atoms with van der Waals surface area (Å²) in [5, 5.41) is 0. The van der Waals surface area contributed by atoms with E-state index in [0.717, 1.165) is 6.42 Å². The van der Waals surface area contributed by atoms with Crippen molar-refractivity contribution in [2.75, 3.05) is 6.61 Å². The fourth-order valence-corrected chi connectivity index (χ4v) is 1.62. The van der Waals surface area contributed by atoms with E-state index in [1.165, 1.54) is 11.1 Å². The summed E-state index contributed by atoms with van der Waals surface area (Å²) in [7, 11) is 0. The molecule has 1 aromatic carbocycles. The van der Waals surface area contributed by atoms with Crippen LogP contribution in [0.25, 0.3) is 0 Å². The summed E-state index contributed by atoms with van der Waals surface area (Å²) in [4.78, 5) is 0. The van der Waals surface area contributed by atoms with Crippen LogP contribution in [-0.2, 0) is 10.3 Å². The highest BCUT2D eigenvalue weighted by Crippen LogP contribution is 2.29. The third-order valence-electron chi connectivity index (χ3n) is 3.07. The molecule has 1 nitrogen and oxygen atoms in total. The topological polar surface area (TPSA) is 9.23 Å². The Labute approximate surface area is 99.1 Å². The van der Waals surface area contributed by atoms with Crippen LogP contribution >= 0.6 is 0 Å². The first-order valence-corrected chi connectivity index (χ1v) is 5.94. The third-order valence-corrected chi connectivity index (χ3v) is 3.07. The maximum absolute atomic E-state index is 5.96. The van der Waals surface area contributed by atoms with E-state index < -0.39 is 0 Å². The minimum atomic E-state index is -0.173. The van der Waals surface area contributed by atoms with Crippen LogP contribution < -0.4 is 0 Å². The fourth-order valence-electron chi connectivity index (χ4n) is 1.62. The van der Waals surface area contributed by atoms with E-state index in [2.05, 4.69) is 45.0 Å². The van der Waals surface area contributed by atoms with Crippen LogP contribution in [0.4, 0.5) is 0 Å². The Morgan fingerprint density at radius 2 is 1.88 bits per heavy atom. The highest BCUT2D eigenvalue weighted by Gasteiger charge is 2.24. The Morgan fingerprint density at radius 3 is 2.38 bits per heavy atom. The first kappa shape index (κ1) is 13.0. The van der Waals surface area contributed by atoms with Crippen LogP contribution in [0.2, 0.25) is 0 Å². The molecular formula is C15H22O. The average Bonchev–Trinajstić information content (AvgIpc) is 2.30. The lowest BCUT2D eigenvalue weighted by atomic mass is 9.92. The van der Waals surface area contributed by atoms with Crippen LogP contribution in [0.15, 0.2) is 36.4 Å². The van der Waals surface area contributed by atoms with Crippen molar-refractivity contribution < 1.29 is 4.74 Å².